The molecule has 0 amide bonds. The predicted octanol–water partition coefficient (Wildman–Crippen LogP) is 2.89. The summed E-state index contributed by atoms with van der Waals surface area (Å²) < 4.78 is 22.3. The third kappa shape index (κ3) is 8.65. The van der Waals surface area contributed by atoms with Crippen LogP contribution in [-0.2, 0) is 20.8 Å². The lowest BCUT2D eigenvalue weighted by molar-refractivity contribution is -0.0855. The molecule has 1 saturated heterocycles. The molecule has 1 aromatic carbocycles. The molecule has 2 N–H and O–H groups in total. The Labute approximate surface area is 191 Å². The molecule has 0 spiro atoms. The summed E-state index contributed by atoms with van der Waals surface area (Å²) in [6.07, 6.45) is 2.62. The fraction of sp³-hybridized carbons (Fsp3) is 0.667. The number of nitrogens with zero attached hydrogens (tertiary/aromatic N) is 1. The van der Waals surface area contributed by atoms with E-state index in [9.17, 15) is 0 Å². The first-order valence-electron chi connectivity index (χ1n) is 9.91. The van der Waals surface area contributed by atoms with Gasteiger partial charge >= 0.3 is 0 Å². The van der Waals surface area contributed by atoms with Crippen LogP contribution in [0.25, 0.3) is 0 Å². The first kappa shape index (κ1) is 25.9. The fourth-order valence-electron chi connectivity index (χ4n) is 3.17. The van der Waals surface area contributed by atoms with Gasteiger partial charge in [0, 0.05) is 79.0 Å². The summed E-state index contributed by atoms with van der Waals surface area (Å²) >= 11 is 0. The maximum atomic E-state index is 5.96. The zero-order valence-electron chi connectivity index (χ0n) is 18.1. The standard InChI is InChI=1S/C21H35N3O4.HI/c1-17-6-7-18(19(14-17)28-11-5-10-25-3)15-23-20(22-2)24-16-21(26-4)8-12-27-13-9-21;/h6-7,14H,5,8-13,15-16H2,1-4H3,(H2,22,23,24);1H. The largest absolute Gasteiger partial charge is 0.493 e. The SMILES string of the molecule is CN=C(NCc1ccc(C)cc1OCCCOC)NCC1(OC)CCOCC1.I. The van der Waals surface area contributed by atoms with Crippen molar-refractivity contribution in [2.45, 2.75) is 38.3 Å². The van der Waals surface area contributed by atoms with Gasteiger partial charge in [0.25, 0.3) is 0 Å². The quantitative estimate of drug-likeness (QED) is 0.214. The van der Waals surface area contributed by atoms with Gasteiger partial charge in [-0.2, -0.15) is 0 Å². The highest BCUT2D eigenvalue weighted by Crippen LogP contribution is 2.23. The third-order valence-electron chi connectivity index (χ3n) is 5.06. The van der Waals surface area contributed by atoms with Gasteiger partial charge < -0.3 is 29.6 Å². The van der Waals surface area contributed by atoms with Gasteiger partial charge in [-0.05, 0) is 18.6 Å². The number of aliphatic imine (C=N–C) groups is 1. The molecule has 1 heterocycles. The van der Waals surface area contributed by atoms with Gasteiger partial charge in [0.15, 0.2) is 5.96 Å². The summed E-state index contributed by atoms with van der Waals surface area (Å²) in [6.45, 7) is 6.18. The normalized spacial score (nSPS) is 16.1. The van der Waals surface area contributed by atoms with Crippen LogP contribution in [0.15, 0.2) is 23.2 Å². The Morgan fingerprint density at radius 1 is 1.17 bits per heavy atom. The van der Waals surface area contributed by atoms with Crippen LogP contribution in [0, 0.1) is 6.92 Å². The van der Waals surface area contributed by atoms with Crippen molar-refractivity contribution in [3.63, 3.8) is 0 Å². The molecule has 1 aromatic rings. The number of ether oxygens (including phenoxy) is 4. The van der Waals surface area contributed by atoms with Crippen molar-refractivity contribution in [1.82, 2.24) is 10.6 Å². The molecule has 0 saturated carbocycles. The minimum Gasteiger partial charge on any atom is -0.493 e. The van der Waals surface area contributed by atoms with Crippen LogP contribution in [0.1, 0.15) is 30.4 Å². The number of rotatable bonds is 10. The van der Waals surface area contributed by atoms with Gasteiger partial charge in [-0.3, -0.25) is 4.99 Å². The highest BCUT2D eigenvalue weighted by atomic mass is 127. The lowest BCUT2D eigenvalue weighted by Gasteiger charge is -2.36. The Kier molecular flexibility index (Phi) is 12.5. The van der Waals surface area contributed by atoms with E-state index in [1.54, 1.807) is 21.3 Å². The number of hydrogen-bond acceptors (Lipinski definition) is 5. The van der Waals surface area contributed by atoms with Crippen molar-refractivity contribution in [1.29, 1.82) is 0 Å². The average molecular weight is 521 g/mol. The molecule has 1 fully saturated rings. The minimum atomic E-state index is -0.199. The van der Waals surface area contributed by atoms with E-state index in [1.807, 2.05) is 0 Å². The molecule has 0 bridgehead atoms. The van der Waals surface area contributed by atoms with Crippen LogP contribution in [-0.4, -0.2) is 65.8 Å². The molecule has 0 aliphatic carbocycles. The van der Waals surface area contributed by atoms with Crippen molar-refractivity contribution in [2.75, 3.05) is 54.2 Å². The Balaban J connectivity index is 0.00000420. The second-order valence-electron chi connectivity index (χ2n) is 7.08. The van der Waals surface area contributed by atoms with Crippen LogP contribution < -0.4 is 15.4 Å². The van der Waals surface area contributed by atoms with E-state index >= 15 is 0 Å². The van der Waals surface area contributed by atoms with Gasteiger partial charge in [0.05, 0.1) is 12.2 Å². The Morgan fingerprint density at radius 2 is 1.93 bits per heavy atom. The Bertz CT molecular complexity index is 622. The number of halogens is 1. The number of benzene rings is 1. The fourth-order valence-corrected chi connectivity index (χ4v) is 3.17. The number of hydrogen-bond donors (Lipinski definition) is 2. The summed E-state index contributed by atoms with van der Waals surface area (Å²) in [4.78, 5) is 4.34. The number of guanidine groups is 1. The van der Waals surface area contributed by atoms with Crippen LogP contribution in [0.3, 0.4) is 0 Å². The van der Waals surface area contributed by atoms with Crippen molar-refractivity contribution in [2.24, 2.45) is 4.99 Å². The summed E-state index contributed by atoms with van der Waals surface area (Å²) in [6, 6.07) is 6.26. The maximum absolute atomic E-state index is 5.96. The number of aryl methyl sites for hydroxylation is 1. The van der Waals surface area contributed by atoms with Crippen LogP contribution >= 0.6 is 24.0 Å². The lowest BCUT2D eigenvalue weighted by atomic mass is 9.94. The summed E-state index contributed by atoms with van der Waals surface area (Å²) in [5.74, 6) is 1.64. The van der Waals surface area contributed by atoms with Crippen molar-refractivity contribution in [3.8, 4) is 5.75 Å². The van der Waals surface area contributed by atoms with E-state index in [1.165, 1.54) is 5.56 Å². The first-order valence-corrected chi connectivity index (χ1v) is 9.91. The van der Waals surface area contributed by atoms with E-state index in [-0.39, 0.29) is 29.6 Å². The smallest absolute Gasteiger partial charge is 0.191 e. The molecule has 8 heteroatoms. The summed E-state index contributed by atoms with van der Waals surface area (Å²) in [5.41, 5.74) is 2.07. The topological polar surface area (TPSA) is 73.3 Å². The molecule has 0 aromatic heterocycles. The zero-order valence-corrected chi connectivity index (χ0v) is 20.4. The highest BCUT2D eigenvalue weighted by Gasteiger charge is 2.32. The van der Waals surface area contributed by atoms with Crippen LogP contribution in [0.5, 0.6) is 5.75 Å². The molecule has 0 unspecified atom stereocenters. The molecule has 1 aliphatic rings. The molecular formula is C21H36IN3O4. The van der Waals surface area contributed by atoms with Crippen LogP contribution in [0.4, 0.5) is 0 Å². The maximum Gasteiger partial charge on any atom is 0.191 e. The number of methoxy groups -OCH3 is 2. The van der Waals surface area contributed by atoms with Gasteiger partial charge in [0.1, 0.15) is 5.75 Å². The summed E-state index contributed by atoms with van der Waals surface area (Å²) in [5, 5.41) is 6.77. The van der Waals surface area contributed by atoms with Crippen molar-refractivity contribution < 1.29 is 18.9 Å². The average Bonchev–Trinajstić information content (AvgIpc) is 2.73. The monoisotopic (exact) mass is 521 g/mol. The molecule has 29 heavy (non-hydrogen) atoms. The van der Waals surface area contributed by atoms with E-state index < -0.39 is 0 Å². The molecule has 0 atom stereocenters. The first-order chi connectivity index (χ1) is 13.6. The van der Waals surface area contributed by atoms with E-state index in [0.717, 1.165) is 49.7 Å². The highest BCUT2D eigenvalue weighted by molar-refractivity contribution is 14.0. The van der Waals surface area contributed by atoms with Crippen molar-refractivity contribution in [3.05, 3.63) is 29.3 Å². The van der Waals surface area contributed by atoms with Gasteiger partial charge in [-0.15, -0.1) is 24.0 Å². The zero-order chi connectivity index (χ0) is 20.2. The summed E-state index contributed by atoms with van der Waals surface area (Å²) in [7, 11) is 5.24. The second kappa shape index (κ2) is 14.0. The molecule has 7 nitrogen and oxygen atoms in total. The molecule has 0 radical (unpaired) electrons. The third-order valence-corrected chi connectivity index (χ3v) is 5.06. The van der Waals surface area contributed by atoms with E-state index in [4.69, 9.17) is 18.9 Å². The molecule has 166 valence electrons. The molecular weight excluding hydrogens is 485 g/mol. The molecule has 1 aliphatic heterocycles. The lowest BCUT2D eigenvalue weighted by Crippen LogP contribution is -2.50. The Morgan fingerprint density at radius 3 is 2.59 bits per heavy atom. The minimum absolute atomic E-state index is 0. The van der Waals surface area contributed by atoms with E-state index in [0.29, 0.717) is 26.3 Å². The van der Waals surface area contributed by atoms with Gasteiger partial charge in [0.2, 0.25) is 0 Å². The van der Waals surface area contributed by atoms with Crippen molar-refractivity contribution >= 4 is 29.9 Å². The van der Waals surface area contributed by atoms with E-state index in [2.05, 4.69) is 40.7 Å². The van der Waals surface area contributed by atoms with Gasteiger partial charge in [-0.1, -0.05) is 12.1 Å². The Hall–Kier alpha value is -1.10. The van der Waals surface area contributed by atoms with Crippen LogP contribution in [0.2, 0.25) is 0 Å². The van der Waals surface area contributed by atoms with Gasteiger partial charge in [-0.25, -0.2) is 0 Å². The number of nitrogens with one attached hydrogen (secondary N) is 2. The second-order valence-corrected chi connectivity index (χ2v) is 7.08. The molecule has 2 rings (SSSR count). The predicted molar refractivity (Wildman–Crippen MR) is 127 cm³/mol.